The first-order valence-electron chi connectivity index (χ1n) is 4.73. The Morgan fingerprint density at radius 2 is 2.14 bits per heavy atom. The zero-order valence-corrected chi connectivity index (χ0v) is 8.49. The van der Waals surface area contributed by atoms with Crippen molar-refractivity contribution in [1.82, 2.24) is 0 Å². The number of carboxylic acid groups (broad SMARTS) is 1. The van der Waals surface area contributed by atoms with Crippen molar-refractivity contribution in [1.29, 1.82) is 0 Å². The molecule has 1 fully saturated rings. The van der Waals surface area contributed by atoms with Crippen molar-refractivity contribution >= 4 is 12.3 Å². The van der Waals surface area contributed by atoms with Crippen LogP contribution in [0.3, 0.4) is 0 Å². The molecule has 3 atom stereocenters. The molecule has 1 aliphatic carbocycles. The van der Waals surface area contributed by atoms with E-state index in [1.807, 2.05) is 0 Å². The lowest BCUT2D eigenvalue weighted by atomic mass is 9.65. The van der Waals surface area contributed by atoms with E-state index in [2.05, 4.69) is 0 Å². The standard InChI is InChI=1S/C10H16O4/c1-9(6-12)4-3-7(5-11)10(9,2)8(13)14/h6-7,11H,3-5H2,1-2H3,(H,13,14)/t7-,9+,10+/m1/s1. The van der Waals surface area contributed by atoms with Crippen LogP contribution in [0, 0.1) is 16.7 Å². The molecule has 4 nitrogen and oxygen atoms in total. The molecule has 0 spiro atoms. The molecule has 14 heavy (non-hydrogen) atoms. The molecule has 1 saturated carbocycles. The number of hydrogen-bond donors (Lipinski definition) is 2. The minimum atomic E-state index is -1.14. The third kappa shape index (κ3) is 1.17. The second-order valence-electron chi connectivity index (χ2n) is 4.46. The molecule has 1 rings (SSSR count). The monoisotopic (exact) mass is 200 g/mol. The highest BCUT2D eigenvalue weighted by atomic mass is 16.4. The van der Waals surface area contributed by atoms with Crippen molar-refractivity contribution in [2.24, 2.45) is 16.7 Å². The highest BCUT2D eigenvalue weighted by molar-refractivity contribution is 5.82. The number of rotatable bonds is 3. The van der Waals surface area contributed by atoms with Crippen LogP contribution < -0.4 is 0 Å². The van der Waals surface area contributed by atoms with E-state index >= 15 is 0 Å². The Bertz CT molecular complexity index is 263. The van der Waals surface area contributed by atoms with E-state index in [0.29, 0.717) is 12.8 Å². The van der Waals surface area contributed by atoms with Crippen LogP contribution >= 0.6 is 0 Å². The average Bonchev–Trinajstić information content (AvgIpc) is 2.42. The molecular formula is C10H16O4. The highest BCUT2D eigenvalue weighted by Crippen LogP contribution is 2.54. The maximum absolute atomic E-state index is 11.2. The maximum Gasteiger partial charge on any atom is 0.310 e. The summed E-state index contributed by atoms with van der Waals surface area (Å²) in [5.41, 5.74) is -1.99. The summed E-state index contributed by atoms with van der Waals surface area (Å²) in [7, 11) is 0. The first-order chi connectivity index (χ1) is 6.42. The molecule has 80 valence electrons. The van der Waals surface area contributed by atoms with Crippen LogP contribution in [0.15, 0.2) is 0 Å². The van der Waals surface area contributed by atoms with E-state index in [0.717, 1.165) is 6.29 Å². The second-order valence-corrected chi connectivity index (χ2v) is 4.46. The first-order valence-corrected chi connectivity index (χ1v) is 4.73. The van der Waals surface area contributed by atoms with Crippen LogP contribution in [-0.2, 0) is 9.59 Å². The fraction of sp³-hybridized carbons (Fsp3) is 0.800. The number of aliphatic hydroxyl groups is 1. The van der Waals surface area contributed by atoms with Crippen LogP contribution in [0.1, 0.15) is 26.7 Å². The summed E-state index contributed by atoms with van der Waals surface area (Å²) in [6, 6.07) is 0. The lowest BCUT2D eigenvalue weighted by molar-refractivity contribution is -0.160. The lowest BCUT2D eigenvalue weighted by Crippen LogP contribution is -2.45. The molecule has 2 N–H and O–H groups in total. The van der Waals surface area contributed by atoms with Crippen LogP contribution in [0.4, 0.5) is 0 Å². The molecule has 0 aromatic heterocycles. The smallest absolute Gasteiger partial charge is 0.310 e. The fourth-order valence-corrected chi connectivity index (χ4v) is 2.36. The number of aldehydes is 1. The molecule has 0 aromatic rings. The van der Waals surface area contributed by atoms with E-state index in [-0.39, 0.29) is 12.5 Å². The molecule has 0 saturated heterocycles. The molecule has 0 amide bonds. The van der Waals surface area contributed by atoms with Crippen molar-refractivity contribution in [2.45, 2.75) is 26.7 Å². The number of hydrogen-bond acceptors (Lipinski definition) is 3. The quantitative estimate of drug-likeness (QED) is 0.657. The largest absolute Gasteiger partial charge is 0.481 e. The third-order valence-electron chi connectivity index (χ3n) is 3.94. The van der Waals surface area contributed by atoms with Gasteiger partial charge in [-0.25, -0.2) is 0 Å². The number of carbonyl (C=O) groups excluding carboxylic acids is 1. The Labute approximate surface area is 82.9 Å². The molecule has 1 aliphatic rings. The van der Waals surface area contributed by atoms with Gasteiger partial charge in [-0.2, -0.15) is 0 Å². The number of aliphatic hydroxyl groups excluding tert-OH is 1. The van der Waals surface area contributed by atoms with Crippen molar-refractivity contribution in [2.75, 3.05) is 6.61 Å². The topological polar surface area (TPSA) is 74.6 Å². The zero-order valence-electron chi connectivity index (χ0n) is 8.49. The summed E-state index contributed by atoms with van der Waals surface area (Å²) in [5, 5.41) is 18.3. The van der Waals surface area contributed by atoms with Gasteiger partial charge < -0.3 is 15.0 Å². The molecule has 4 heteroatoms. The van der Waals surface area contributed by atoms with E-state index in [1.54, 1.807) is 13.8 Å². The molecule has 0 aliphatic heterocycles. The Balaban J connectivity index is 3.15. The lowest BCUT2D eigenvalue weighted by Gasteiger charge is -2.36. The van der Waals surface area contributed by atoms with E-state index in [1.165, 1.54) is 0 Å². The minimum Gasteiger partial charge on any atom is -0.481 e. The average molecular weight is 200 g/mol. The number of carbonyl (C=O) groups is 2. The van der Waals surface area contributed by atoms with Gasteiger partial charge in [0.25, 0.3) is 0 Å². The van der Waals surface area contributed by atoms with E-state index < -0.39 is 16.8 Å². The second kappa shape index (κ2) is 3.35. The summed E-state index contributed by atoms with van der Waals surface area (Å²) in [5.74, 6) is -1.32. The van der Waals surface area contributed by atoms with Gasteiger partial charge in [0.1, 0.15) is 6.29 Å². The Kier molecular flexibility index (Phi) is 2.67. The Hall–Kier alpha value is -0.900. The molecule has 0 bridgehead atoms. The van der Waals surface area contributed by atoms with Crippen molar-refractivity contribution < 1.29 is 19.8 Å². The highest BCUT2D eigenvalue weighted by Gasteiger charge is 2.59. The van der Waals surface area contributed by atoms with Crippen molar-refractivity contribution in [3.63, 3.8) is 0 Å². The van der Waals surface area contributed by atoms with Gasteiger partial charge in [0.05, 0.1) is 5.41 Å². The van der Waals surface area contributed by atoms with Crippen molar-refractivity contribution in [3.8, 4) is 0 Å². The van der Waals surface area contributed by atoms with Gasteiger partial charge in [0.2, 0.25) is 0 Å². The van der Waals surface area contributed by atoms with Gasteiger partial charge >= 0.3 is 5.97 Å². The van der Waals surface area contributed by atoms with Gasteiger partial charge in [-0.15, -0.1) is 0 Å². The molecule has 0 aromatic carbocycles. The predicted molar refractivity (Wildman–Crippen MR) is 49.7 cm³/mol. The summed E-state index contributed by atoms with van der Waals surface area (Å²) >= 11 is 0. The Morgan fingerprint density at radius 1 is 1.57 bits per heavy atom. The summed E-state index contributed by atoms with van der Waals surface area (Å²) in [4.78, 5) is 22.2. The summed E-state index contributed by atoms with van der Waals surface area (Å²) in [6.07, 6.45) is 1.84. The number of aliphatic carboxylic acids is 1. The predicted octanol–water partition coefficient (Wildman–Crippen LogP) is 0.685. The normalized spacial score (nSPS) is 42.4. The van der Waals surface area contributed by atoms with E-state index in [4.69, 9.17) is 5.11 Å². The number of carboxylic acids is 1. The van der Waals surface area contributed by atoms with Crippen LogP contribution in [0.5, 0.6) is 0 Å². The Morgan fingerprint density at radius 3 is 2.50 bits per heavy atom. The van der Waals surface area contributed by atoms with E-state index in [9.17, 15) is 14.7 Å². The molecule has 0 unspecified atom stereocenters. The van der Waals surface area contributed by atoms with Gasteiger partial charge in [0, 0.05) is 12.0 Å². The van der Waals surface area contributed by atoms with Gasteiger partial charge in [-0.1, -0.05) is 6.92 Å². The fourth-order valence-electron chi connectivity index (χ4n) is 2.36. The van der Waals surface area contributed by atoms with Gasteiger partial charge in [0.15, 0.2) is 0 Å². The first kappa shape index (κ1) is 11.2. The molecular weight excluding hydrogens is 184 g/mol. The van der Waals surface area contributed by atoms with Crippen LogP contribution in [0.25, 0.3) is 0 Å². The summed E-state index contributed by atoms with van der Waals surface area (Å²) < 4.78 is 0. The molecule has 0 radical (unpaired) electrons. The van der Waals surface area contributed by atoms with Crippen LogP contribution in [0.2, 0.25) is 0 Å². The molecule has 0 heterocycles. The minimum absolute atomic E-state index is 0.174. The zero-order chi connectivity index (χ0) is 11.0. The SMILES string of the molecule is C[C@@]1(C=O)CC[C@H](CO)[C@@]1(C)C(=O)O. The van der Waals surface area contributed by atoms with Gasteiger partial charge in [-0.3, -0.25) is 4.79 Å². The summed E-state index contributed by atoms with van der Waals surface area (Å²) in [6.45, 7) is 3.04. The third-order valence-corrected chi connectivity index (χ3v) is 3.94. The van der Waals surface area contributed by atoms with Crippen LogP contribution in [-0.4, -0.2) is 29.1 Å². The van der Waals surface area contributed by atoms with Crippen molar-refractivity contribution in [3.05, 3.63) is 0 Å². The van der Waals surface area contributed by atoms with Gasteiger partial charge in [-0.05, 0) is 25.7 Å². The maximum atomic E-state index is 11.2.